The molecule has 1 aromatic heterocycles. The highest BCUT2D eigenvalue weighted by molar-refractivity contribution is 4.76. The Balaban J connectivity index is 0.000000171. The van der Waals surface area contributed by atoms with Gasteiger partial charge in [0.05, 0.1) is 19.5 Å². The molecule has 4 heteroatoms. The lowest BCUT2D eigenvalue weighted by Crippen LogP contribution is -2.40. The van der Waals surface area contributed by atoms with Gasteiger partial charge >= 0.3 is 0 Å². The number of ether oxygens (including phenoxy) is 1. The molecule has 0 atom stereocenters. The minimum atomic E-state index is 0.539. The van der Waals surface area contributed by atoms with Gasteiger partial charge in [-0.2, -0.15) is 0 Å². The summed E-state index contributed by atoms with van der Waals surface area (Å²) in [5.41, 5.74) is 0. The molecule has 1 aliphatic rings. The van der Waals surface area contributed by atoms with Crippen LogP contribution in [0.1, 0.15) is 33.7 Å². The first-order valence-corrected chi connectivity index (χ1v) is 6.40. The van der Waals surface area contributed by atoms with Crippen LogP contribution in [0.15, 0.2) is 18.7 Å². The topological polar surface area (TPSA) is 30.3 Å². The van der Waals surface area contributed by atoms with Crippen LogP contribution in [-0.4, -0.2) is 46.8 Å². The minimum Gasteiger partial charge on any atom is -0.379 e. The van der Waals surface area contributed by atoms with E-state index in [2.05, 4.69) is 42.1 Å². The fourth-order valence-corrected chi connectivity index (χ4v) is 1.67. The third kappa shape index (κ3) is 5.33. The molecule has 0 radical (unpaired) electrons. The van der Waals surface area contributed by atoms with Gasteiger partial charge in [0.25, 0.3) is 0 Å². The van der Waals surface area contributed by atoms with Gasteiger partial charge in [-0.3, -0.25) is 4.90 Å². The maximum absolute atomic E-state index is 5.21. The second-order valence-corrected chi connectivity index (χ2v) is 4.85. The zero-order valence-corrected chi connectivity index (χ0v) is 11.5. The molecule has 1 aliphatic heterocycles. The fraction of sp³-hybridized carbons (Fsp3) is 0.769. The first-order chi connectivity index (χ1) is 8.11. The molecule has 0 saturated carbocycles. The van der Waals surface area contributed by atoms with Crippen molar-refractivity contribution < 1.29 is 4.74 Å². The molecule has 17 heavy (non-hydrogen) atoms. The minimum absolute atomic E-state index is 0.539. The Morgan fingerprint density at radius 2 is 1.71 bits per heavy atom. The van der Waals surface area contributed by atoms with Crippen molar-refractivity contribution in [2.24, 2.45) is 0 Å². The molecule has 0 amide bonds. The van der Waals surface area contributed by atoms with Crippen molar-refractivity contribution in [1.82, 2.24) is 14.5 Å². The van der Waals surface area contributed by atoms with Crippen molar-refractivity contribution >= 4 is 0 Å². The fourth-order valence-electron chi connectivity index (χ4n) is 1.67. The monoisotopic (exact) mass is 239 g/mol. The van der Waals surface area contributed by atoms with Gasteiger partial charge in [-0.15, -0.1) is 0 Å². The number of rotatable bonds is 2. The molecule has 2 rings (SSSR count). The summed E-state index contributed by atoms with van der Waals surface area (Å²) in [6.45, 7) is 12.8. The second kappa shape index (κ2) is 7.45. The van der Waals surface area contributed by atoms with Crippen molar-refractivity contribution in [3.63, 3.8) is 0 Å². The maximum atomic E-state index is 5.21. The summed E-state index contributed by atoms with van der Waals surface area (Å²) in [6, 6.07) is 1.23. The van der Waals surface area contributed by atoms with Crippen LogP contribution in [-0.2, 0) is 4.74 Å². The highest BCUT2D eigenvalue weighted by Crippen LogP contribution is 2.01. The molecule has 4 nitrogen and oxygen atoms in total. The van der Waals surface area contributed by atoms with E-state index in [1.807, 2.05) is 12.5 Å². The van der Waals surface area contributed by atoms with Gasteiger partial charge in [0, 0.05) is 37.6 Å². The van der Waals surface area contributed by atoms with Crippen molar-refractivity contribution in [1.29, 1.82) is 0 Å². The highest BCUT2D eigenvalue weighted by atomic mass is 16.5. The first kappa shape index (κ1) is 14.2. The lowest BCUT2D eigenvalue weighted by Gasteiger charge is -2.29. The van der Waals surface area contributed by atoms with Gasteiger partial charge in [-0.25, -0.2) is 4.98 Å². The molecule has 2 heterocycles. The van der Waals surface area contributed by atoms with E-state index in [9.17, 15) is 0 Å². The zero-order chi connectivity index (χ0) is 12.7. The van der Waals surface area contributed by atoms with Crippen molar-refractivity contribution in [3.05, 3.63) is 18.7 Å². The molecular weight excluding hydrogens is 214 g/mol. The molecule has 1 saturated heterocycles. The molecule has 0 unspecified atom stereocenters. The molecule has 0 spiro atoms. The van der Waals surface area contributed by atoms with E-state index in [4.69, 9.17) is 4.74 Å². The average Bonchev–Trinajstić information content (AvgIpc) is 2.84. The van der Waals surface area contributed by atoms with Crippen LogP contribution >= 0.6 is 0 Å². The van der Waals surface area contributed by atoms with Gasteiger partial charge in [-0.1, -0.05) is 0 Å². The van der Waals surface area contributed by atoms with E-state index in [0.29, 0.717) is 12.1 Å². The molecule has 1 aromatic rings. The lowest BCUT2D eigenvalue weighted by atomic mass is 10.3. The van der Waals surface area contributed by atoms with E-state index in [1.54, 1.807) is 6.20 Å². The third-order valence-electron chi connectivity index (χ3n) is 2.90. The van der Waals surface area contributed by atoms with Gasteiger partial charge in [0.15, 0.2) is 0 Å². The van der Waals surface area contributed by atoms with Crippen molar-refractivity contribution in [3.8, 4) is 0 Å². The smallest absolute Gasteiger partial charge is 0.0948 e. The summed E-state index contributed by atoms with van der Waals surface area (Å²) >= 11 is 0. The molecule has 98 valence electrons. The van der Waals surface area contributed by atoms with Crippen LogP contribution in [0, 0.1) is 0 Å². The second-order valence-electron chi connectivity index (χ2n) is 4.85. The van der Waals surface area contributed by atoms with E-state index in [-0.39, 0.29) is 0 Å². The Morgan fingerprint density at radius 3 is 2.00 bits per heavy atom. The highest BCUT2D eigenvalue weighted by Gasteiger charge is 2.11. The molecular formula is C13H25N3O. The molecule has 0 aliphatic carbocycles. The summed E-state index contributed by atoms with van der Waals surface area (Å²) < 4.78 is 7.26. The van der Waals surface area contributed by atoms with Crippen LogP contribution in [0.25, 0.3) is 0 Å². The first-order valence-electron chi connectivity index (χ1n) is 6.40. The average molecular weight is 239 g/mol. The van der Waals surface area contributed by atoms with Gasteiger partial charge in [0.2, 0.25) is 0 Å². The summed E-state index contributed by atoms with van der Waals surface area (Å²) in [5, 5.41) is 0. The largest absolute Gasteiger partial charge is 0.379 e. The Kier molecular flexibility index (Phi) is 6.22. The van der Waals surface area contributed by atoms with E-state index in [0.717, 1.165) is 26.3 Å². The van der Waals surface area contributed by atoms with E-state index in [1.165, 1.54) is 0 Å². The Morgan fingerprint density at radius 1 is 1.06 bits per heavy atom. The lowest BCUT2D eigenvalue weighted by molar-refractivity contribution is 0.0238. The summed E-state index contributed by atoms with van der Waals surface area (Å²) in [4.78, 5) is 6.34. The predicted octanol–water partition coefficient (Wildman–Crippen LogP) is 2.19. The van der Waals surface area contributed by atoms with Crippen LogP contribution in [0.3, 0.4) is 0 Å². The number of imidazole rings is 1. The van der Waals surface area contributed by atoms with E-state index < -0.39 is 0 Å². The summed E-state index contributed by atoms with van der Waals surface area (Å²) in [6.07, 6.45) is 5.58. The quantitative estimate of drug-likeness (QED) is 0.792. The number of aromatic nitrogens is 2. The maximum Gasteiger partial charge on any atom is 0.0948 e. The van der Waals surface area contributed by atoms with Gasteiger partial charge in [-0.05, 0) is 27.7 Å². The third-order valence-corrected chi connectivity index (χ3v) is 2.90. The normalized spacial score (nSPS) is 17.1. The van der Waals surface area contributed by atoms with Crippen LogP contribution in [0.4, 0.5) is 0 Å². The molecule has 1 fully saturated rings. The van der Waals surface area contributed by atoms with Gasteiger partial charge < -0.3 is 9.30 Å². The molecule has 0 aromatic carbocycles. The molecule has 0 N–H and O–H groups in total. The number of nitrogens with zero attached hydrogens (tertiary/aromatic N) is 3. The Hall–Kier alpha value is -0.870. The summed E-state index contributed by atoms with van der Waals surface area (Å²) in [5.74, 6) is 0. The predicted molar refractivity (Wildman–Crippen MR) is 70.1 cm³/mol. The number of hydrogen-bond acceptors (Lipinski definition) is 3. The standard InChI is InChI=1S/C7H15NO.C6H10N2/c1-7(2)8-3-5-9-6-4-8;1-6(2)8-4-3-7-5-8/h7H,3-6H2,1-2H3;3-6H,1-2H3. The molecule has 0 bridgehead atoms. The van der Waals surface area contributed by atoms with Gasteiger partial charge in [0.1, 0.15) is 0 Å². The number of morpholine rings is 1. The number of hydrogen-bond donors (Lipinski definition) is 0. The van der Waals surface area contributed by atoms with Crippen molar-refractivity contribution in [2.75, 3.05) is 26.3 Å². The Bertz CT molecular complexity index is 277. The van der Waals surface area contributed by atoms with Crippen LogP contribution in [0.5, 0.6) is 0 Å². The van der Waals surface area contributed by atoms with E-state index >= 15 is 0 Å². The van der Waals surface area contributed by atoms with Crippen LogP contribution in [0.2, 0.25) is 0 Å². The zero-order valence-electron chi connectivity index (χ0n) is 11.5. The van der Waals surface area contributed by atoms with Crippen LogP contribution < -0.4 is 0 Å². The Labute approximate surface area is 105 Å². The SMILES string of the molecule is CC(C)N1CCOCC1.CC(C)n1ccnc1. The summed E-state index contributed by atoms with van der Waals surface area (Å²) in [7, 11) is 0. The van der Waals surface area contributed by atoms with Crippen molar-refractivity contribution in [2.45, 2.75) is 39.8 Å².